The van der Waals surface area contributed by atoms with Crippen molar-refractivity contribution in [3.63, 3.8) is 0 Å². The zero-order valence-electron chi connectivity index (χ0n) is 9.55. The third-order valence-electron chi connectivity index (χ3n) is 2.32. The molecule has 0 aliphatic rings. The summed E-state index contributed by atoms with van der Waals surface area (Å²) in [6, 6.07) is 7.80. The van der Waals surface area contributed by atoms with Gasteiger partial charge in [0.15, 0.2) is 11.6 Å². The number of nitrogens with two attached hydrogens (primary N) is 1. The first-order valence-corrected chi connectivity index (χ1v) is 5.23. The second-order valence-corrected chi connectivity index (χ2v) is 3.50. The Balaban J connectivity index is 2.05. The Labute approximate surface area is 99.7 Å². The number of nitrogen functional groups attached to an aromatic ring is 1. The van der Waals surface area contributed by atoms with E-state index >= 15 is 0 Å². The normalized spacial score (nSPS) is 9.94. The van der Waals surface area contributed by atoms with E-state index in [2.05, 4.69) is 15.3 Å². The van der Waals surface area contributed by atoms with Crippen molar-refractivity contribution < 1.29 is 4.74 Å². The maximum absolute atomic E-state index is 5.68. The van der Waals surface area contributed by atoms with Crippen molar-refractivity contribution in [1.82, 2.24) is 9.97 Å². The number of hydrogen-bond acceptors (Lipinski definition) is 5. The third-order valence-corrected chi connectivity index (χ3v) is 2.32. The monoisotopic (exact) mass is 230 g/mol. The van der Waals surface area contributed by atoms with Crippen molar-refractivity contribution in [2.75, 3.05) is 18.2 Å². The summed E-state index contributed by atoms with van der Waals surface area (Å²) in [5.74, 6) is 1.82. The van der Waals surface area contributed by atoms with E-state index in [0.717, 1.165) is 11.3 Å². The molecule has 0 aliphatic carbocycles. The molecule has 0 radical (unpaired) electrons. The molecule has 1 aromatic heterocycles. The molecular weight excluding hydrogens is 216 g/mol. The first-order valence-electron chi connectivity index (χ1n) is 5.23. The average Bonchev–Trinajstić information content (AvgIpc) is 2.38. The van der Waals surface area contributed by atoms with Gasteiger partial charge >= 0.3 is 0 Å². The van der Waals surface area contributed by atoms with Gasteiger partial charge in [-0.15, -0.1) is 0 Å². The molecule has 88 valence electrons. The van der Waals surface area contributed by atoms with E-state index in [1.54, 1.807) is 19.5 Å². The molecule has 3 N–H and O–H groups in total. The highest BCUT2D eigenvalue weighted by Crippen LogP contribution is 2.15. The Morgan fingerprint density at radius 3 is 2.88 bits per heavy atom. The van der Waals surface area contributed by atoms with Gasteiger partial charge < -0.3 is 15.8 Å². The number of hydrogen-bond donors (Lipinski definition) is 2. The lowest BCUT2D eigenvalue weighted by molar-refractivity contribution is 0.414. The van der Waals surface area contributed by atoms with Gasteiger partial charge in [-0.2, -0.15) is 0 Å². The lowest BCUT2D eigenvalue weighted by atomic mass is 10.2. The molecule has 0 fully saturated rings. The topological polar surface area (TPSA) is 73.1 Å². The molecule has 0 aliphatic heterocycles. The Bertz CT molecular complexity index is 501. The lowest BCUT2D eigenvalue weighted by Crippen LogP contribution is -2.05. The van der Waals surface area contributed by atoms with E-state index in [1.165, 1.54) is 0 Å². The molecule has 2 rings (SSSR count). The van der Waals surface area contributed by atoms with Crippen molar-refractivity contribution in [3.05, 3.63) is 42.2 Å². The first kappa shape index (κ1) is 11.2. The minimum absolute atomic E-state index is 0.399. The van der Waals surface area contributed by atoms with Crippen molar-refractivity contribution >= 4 is 11.6 Å². The summed E-state index contributed by atoms with van der Waals surface area (Å²) < 4.78 is 5.15. The molecule has 5 heteroatoms. The third kappa shape index (κ3) is 2.84. The van der Waals surface area contributed by atoms with E-state index in [0.29, 0.717) is 18.2 Å². The van der Waals surface area contributed by atoms with Crippen LogP contribution in [0.4, 0.5) is 11.6 Å². The number of anilines is 2. The fourth-order valence-corrected chi connectivity index (χ4v) is 1.45. The van der Waals surface area contributed by atoms with Crippen molar-refractivity contribution in [3.8, 4) is 5.75 Å². The predicted molar refractivity (Wildman–Crippen MR) is 66.8 cm³/mol. The number of ether oxygens (including phenoxy) is 1. The molecule has 0 unspecified atom stereocenters. The van der Waals surface area contributed by atoms with Crippen LogP contribution in [0.2, 0.25) is 0 Å². The van der Waals surface area contributed by atoms with Crippen LogP contribution in [-0.4, -0.2) is 17.1 Å². The van der Waals surface area contributed by atoms with Crippen LogP contribution in [0.5, 0.6) is 5.75 Å². The van der Waals surface area contributed by atoms with Crippen molar-refractivity contribution in [1.29, 1.82) is 0 Å². The van der Waals surface area contributed by atoms with Crippen molar-refractivity contribution in [2.45, 2.75) is 6.54 Å². The number of benzene rings is 1. The summed E-state index contributed by atoms with van der Waals surface area (Å²) in [4.78, 5) is 8.06. The minimum Gasteiger partial charge on any atom is -0.497 e. The Hall–Kier alpha value is -2.30. The number of nitrogens with one attached hydrogen (secondary N) is 1. The highest BCUT2D eigenvalue weighted by molar-refractivity contribution is 5.55. The summed E-state index contributed by atoms with van der Waals surface area (Å²) in [6.45, 7) is 0.625. The van der Waals surface area contributed by atoms with Crippen molar-refractivity contribution in [2.24, 2.45) is 0 Å². The molecular formula is C12H14N4O. The van der Waals surface area contributed by atoms with Crippen LogP contribution in [0.1, 0.15) is 5.56 Å². The van der Waals surface area contributed by atoms with Crippen LogP contribution < -0.4 is 15.8 Å². The minimum atomic E-state index is 0.399. The van der Waals surface area contributed by atoms with Gasteiger partial charge in [-0.1, -0.05) is 12.1 Å². The second-order valence-electron chi connectivity index (χ2n) is 3.50. The second kappa shape index (κ2) is 5.16. The smallest absolute Gasteiger partial charge is 0.169 e. The van der Waals surface area contributed by atoms with Gasteiger partial charge in [0.05, 0.1) is 7.11 Å². The molecule has 1 heterocycles. The van der Waals surface area contributed by atoms with E-state index in [1.807, 2.05) is 24.3 Å². The number of nitrogens with zero attached hydrogens (tertiary/aromatic N) is 2. The van der Waals surface area contributed by atoms with E-state index < -0.39 is 0 Å². The fraction of sp³-hybridized carbons (Fsp3) is 0.167. The number of aromatic nitrogens is 2. The lowest BCUT2D eigenvalue weighted by Gasteiger charge is -2.08. The summed E-state index contributed by atoms with van der Waals surface area (Å²) in [6.07, 6.45) is 3.16. The van der Waals surface area contributed by atoms with Gasteiger partial charge in [-0.3, -0.25) is 0 Å². The molecule has 0 spiro atoms. The summed E-state index contributed by atoms with van der Waals surface area (Å²) in [5.41, 5.74) is 6.77. The first-order chi connectivity index (χ1) is 8.29. The SMILES string of the molecule is COc1cccc(CNc2nccnc2N)c1. The molecule has 0 saturated carbocycles. The Morgan fingerprint density at radius 1 is 1.29 bits per heavy atom. The molecule has 0 amide bonds. The molecule has 0 bridgehead atoms. The van der Waals surface area contributed by atoms with Crippen LogP contribution in [0.15, 0.2) is 36.7 Å². The van der Waals surface area contributed by atoms with Gasteiger partial charge in [0.1, 0.15) is 5.75 Å². The molecule has 5 nitrogen and oxygen atoms in total. The van der Waals surface area contributed by atoms with E-state index in [9.17, 15) is 0 Å². The van der Waals surface area contributed by atoms with Crippen LogP contribution in [-0.2, 0) is 6.54 Å². The summed E-state index contributed by atoms with van der Waals surface area (Å²) in [5, 5.41) is 3.13. The zero-order chi connectivity index (χ0) is 12.1. The molecule has 0 saturated heterocycles. The standard InChI is InChI=1S/C12H14N4O/c1-17-10-4-2-3-9(7-10)8-16-12-11(13)14-5-6-15-12/h2-7H,8H2,1H3,(H2,13,14)(H,15,16). The van der Waals surface area contributed by atoms with Gasteiger partial charge in [-0.05, 0) is 17.7 Å². The maximum Gasteiger partial charge on any atom is 0.169 e. The quantitative estimate of drug-likeness (QED) is 0.836. The maximum atomic E-state index is 5.68. The van der Waals surface area contributed by atoms with Gasteiger partial charge in [0, 0.05) is 18.9 Å². The van der Waals surface area contributed by atoms with Gasteiger partial charge in [0.2, 0.25) is 0 Å². The van der Waals surface area contributed by atoms with Crippen LogP contribution in [0.25, 0.3) is 0 Å². The largest absolute Gasteiger partial charge is 0.497 e. The molecule has 0 atom stereocenters. The Morgan fingerprint density at radius 2 is 2.12 bits per heavy atom. The van der Waals surface area contributed by atoms with Crippen LogP contribution >= 0.6 is 0 Å². The molecule has 1 aromatic carbocycles. The van der Waals surface area contributed by atoms with Gasteiger partial charge in [-0.25, -0.2) is 9.97 Å². The zero-order valence-corrected chi connectivity index (χ0v) is 9.55. The predicted octanol–water partition coefficient (Wildman–Crippen LogP) is 1.68. The fourth-order valence-electron chi connectivity index (χ4n) is 1.45. The van der Waals surface area contributed by atoms with Gasteiger partial charge in [0.25, 0.3) is 0 Å². The summed E-state index contributed by atoms with van der Waals surface area (Å²) >= 11 is 0. The van der Waals surface area contributed by atoms with E-state index in [4.69, 9.17) is 10.5 Å². The number of rotatable bonds is 4. The highest BCUT2D eigenvalue weighted by Gasteiger charge is 2.00. The highest BCUT2D eigenvalue weighted by atomic mass is 16.5. The average molecular weight is 230 g/mol. The number of methoxy groups -OCH3 is 1. The molecule has 17 heavy (non-hydrogen) atoms. The summed E-state index contributed by atoms with van der Waals surface area (Å²) in [7, 11) is 1.65. The molecule has 2 aromatic rings. The van der Waals surface area contributed by atoms with Crippen LogP contribution in [0, 0.1) is 0 Å². The van der Waals surface area contributed by atoms with Crippen LogP contribution in [0.3, 0.4) is 0 Å². The Kier molecular flexibility index (Phi) is 3.40. The van der Waals surface area contributed by atoms with E-state index in [-0.39, 0.29) is 0 Å².